The summed E-state index contributed by atoms with van der Waals surface area (Å²) < 4.78 is 43.8. The molecule has 0 radical (unpaired) electrons. The van der Waals surface area contributed by atoms with E-state index in [1.807, 2.05) is 0 Å². The van der Waals surface area contributed by atoms with E-state index in [9.17, 15) is 13.2 Å². The van der Waals surface area contributed by atoms with Gasteiger partial charge in [-0.05, 0) is 54.1 Å². The van der Waals surface area contributed by atoms with E-state index in [0.717, 1.165) is 9.87 Å². The summed E-state index contributed by atoms with van der Waals surface area (Å²) in [6, 6.07) is 14.2. The lowest BCUT2D eigenvalue weighted by atomic mass is 10.2. The minimum absolute atomic E-state index is 0.0436. The Hall–Kier alpha value is -3.79. The molecule has 0 saturated carbocycles. The summed E-state index contributed by atoms with van der Waals surface area (Å²) in [7, 11) is 0.270. The quantitative estimate of drug-likeness (QED) is 0.484. The minimum atomic E-state index is -4.12. The maximum absolute atomic E-state index is 13.6. The van der Waals surface area contributed by atoms with Crippen LogP contribution in [0.25, 0.3) is 0 Å². The highest BCUT2D eigenvalue weighted by Gasteiger charge is 2.28. The molecule has 174 valence electrons. The van der Waals surface area contributed by atoms with E-state index in [-0.39, 0.29) is 17.2 Å². The Morgan fingerprint density at radius 1 is 0.909 bits per heavy atom. The SMILES string of the molecule is COc1ccc(N(CC(=O)NCc2ccncc2)S(=O)(=O)c2ccc(OC)c(OC)c2)cc1. The molecule has 33 heavy (non-hydrogen) atoms. The third kappa shape index (κ3) is 5.72. The third-order valence-corrected chi connectivity index (χ3v) is 6.60. The molecule has 0 aliphatic carbocycles. The summed E-state index contributed by atoms with van der Waals surface area (Å²) in [6.45, 7) is -0.178. The highest BCUT2D eigenvalue weighted by Crippen LogP contribution is 2.32. The van der Waals surface area contributed by atoms with Gasteiger partial charge in [0.25, 0.3) is 10.0 Å². The second-order valence-corrected chi connectivity index (χ2v) is 8.72. The van der Waals surface area contributed by atoms with Crippen LogP contribution < -0.4 is 23.8 Å². The fourth-order valence-electron chi connectivity index (χ4n) is 3.06. The zero-order chi connectivity index (χ0) is 23.8. The van der Waals surface area contributed by atoms with Crippen molar-refractivity contribution in [1.29, 1.82) is 0 Å². The second kappa shape index (κ2) is 10.7. The molecule has 1 aromatic heterocycles. The van der Waals surface area contributed by atoms with Crippen LogP contribution >= 0.6 is 0 Å². The lowest BCUT2D eigenvalue weighted by Crippen LogP contribution is -2.40. The van der Waals surface area contributed by atoms with Gasteiger partial charge < -0.3 is 19.5 Å². The van der Waals surface area contributed by atoms with Crippen molar-refractivity contribution in [3.8, 4) is 17.2 Å². The number of nitrogens with zero attached hydrogens (tertiary/aromatic N) is 2. The van der Waals surface area contributed by atoms with Gasteiger partial charge in [0.05, 0.1) is 31.9 Å². The summed E-state index contributed by atoms with van der Waals surface area (Å²) >= 11 is 0. The number of anilines is 1. The Morgan fingerprint density at radius 3 is 2.18 bits per heavy atom. The summed E-state index contributed by atoms with van der Waals surface area (Å²) in [5, 5.41) is 2.74. The Balaban J connectivity index is 1.92. The summed E-state index contributed by atoms with van der Waals surface area (Å²) in [4.78, 5) is 16.6. The average Bonchev–Trinajstić information content (AvgIpc) is 2.86. The first-order valence-electron chi connectivity index (χ1n) is 9.93. The molecule has 3 rings (SSSR count). The molecule has 1 amide bonds. The first-order chi connectivity index (χ1) is 15.9. The van der Waals surface area contributed by atoms with E-state index in [1.54, 1.807) is 48.8 Å². The number of sulfonamides is 1. The van der Waals surface area contributed by atoms with Crippen LogP contribution in [-0.4, -0.2) is 47.2 Å². The van der Waals surface area contributed by atoms with Gasteiger partial charge >= 0.3 is 0 Å². The van der Waals surface area contributed by atoms with Crippen LogP contribution in [-0.2, 0) is 21.4 Å². The third-order valence-electron chi connectivity index (χ3n) is 4.83. The molecular formula is C23H25N3O6S. The molecule has 0 atom stereocenters. The molecule has 2 aromatic carbocycles. The molecule has 1 N–H and O–H groups in total. The number of methoxy groups -OCH3 is 3. The number of carbonyl (C=O) groups is 1. The molecule has 0 aliphatic rings. The topological polar surface area (TPSA) is 107 Å². The monoisotopic (exact) mass is 471 g/mol. The zero-order valence-electron chi connectivity index (χ0n) is 18.5. The Kier molecular flexibility index (Phi) is 7.73. The maximum Gasteiger partial charge on any atom is 0.264 e. The highest BCUT2D eigenvalue weighted by atomic mass is 32.2. The molecule has 3 aromatic rings. The van der Waals surface area contributed by atoms with Crippen LogP contribution in [0.15, 0.2) is 71.9 Å². The van der Waals surface area contributed by atoms with Gasteiger partial charge in [-0.25, -0.2) is 8.42 Å². The van der Waals surface area contributed by atoms with E-state index in [4.69, 9.17) is 14.2 Å². The largest absolute Gasteiger partial charge is 0.497 e. The van der Waals surface area contributed by atoms with Crippen molar-refractivity contribution < 1.29 is 27.4 Å². The van der Waals surface area contributed by atoms with Gasteiger partial charge in [0, 0.05) is 25.0 Å². The van der Waals surface area contributed by atoms with Crippen LogP contribution in [0, 0.1) is 0 Å². The van der Waals surface area contributed by atoms with Crippen molar-refractivity contribution >= 4 is 21.6 Å². The molecule has 0 spiro atoms. The number of pyridine rings is 1. The van der Waals surface area contributed by atoms with Crippen molar-refractivity contribution in [3.05, 3.63) is 72.6 Å². The smallest absolute Gasteiger partial charge is 0.264 e. The van der Waals surface area contributed by atoms with E-state index in [2.05, 4.69) is 10.3 Å². The van der Waals surface area contributed by atoms with E-state index in [1.165, 1.54) is 39.5 Å². The molecule has 0 aliphatic heterocycles. The normalized spacial score (nSPS) is 10.9. The Morgan fingerprint density at radius 2 is 1.58 bits per heavy atom. The van der Waals surface area contributed by atoms with Crippen LogP contribution in [0.4, 0.5) is 5.69 Å². The van der Waals surface area contributed by atoms with Crippen molar-refractivity contribution in [2.45, 2.75) is 11.4 Å². The van der Waals surface area contributed by atoms with Crippen molar-refractivity contribution in [2.75, 3.05) is 32.2 Å². The number of benzene rings is 2. The lowest BCUT2D eigenvalue weighted by molar-refractivity contribution is -0.119. The Labute approximate surface area is 193 Å². The second-order valence-electron chi connectivity index (χ2n) is 6.86. The fourth-order valence-corrected chi connectivity index (χ4v) is 4.49. The number of hydrogen-bond donors (Lipinski definition) is 1. The molecule has 0 unspecified atom stereocenters. The van der Waals surface area contributed by atoms with Gasteiger partial charge in [0.15, 0.2) is 11.5 Å². The number of nitrogens with one attached hydrogen (secondary N) is 1. The van der Waals surface area contributed by atoms with Crippen LogP contribution in [0.1, 0.15) is 5.56 Å². The predicted molar refractivity (Wildman–Crippen MR) is 123 cm³/mol. The first kappa shape index (κ1) is 23.9. The van der Waals surface area contributed by atoms with Gasteiger partial charge in [-0.3, -0.25) is 14.1 Å². The molecular weight excluding hydrogens is 446 g/mol. The highest BCUT2D eigenvalue weighted by molar-refractivity contribution is 7.92. The van der Waals surface area contributed by atoms with Crippen LogP contribution in [0.3, 0.4) is 0 Å². The fraction of sp³-hybridized carbons (Fsp3) is 0.217. The zero-order valence-corrected chi connectivity index (χ0v) is 19.3. The Bertz CT molecular complexity index is 1180. The summed E-state index contributed by atoms with van der Waals surface area (Å²) in [5.74, 6) is 0.744. The van der Waals surface area contributed by atoms with Crippen molar-refractivity contribution in [2.24, 2.45) is 0 Å². The standard InChI is InChI=1S/C23H25N3O6S/c1-30-19-6-4-18(5-7-19)26(16-23(27)25-15-17-10-12-24-13-11-17)33(28,29)20-8-9-21(31-2)22(14-20)32-3/h4-14H,15-16H2,1-3H3,(H,25,27). The molecule has 1 heterocycles. The molecule has 10 heteroatoms. The average molecular weight is 472 g/mol. The maximum atomic E-state index is 13.6. The van der Waals surface area contributed by atoms with E-state index in [0.29, 0.717) is 17.2 Å². The number of ether oxygens (including phenoxy) is 3. The molecule has 9 nitrogen and oxygen atoms in total. The van der Waals surface area contributed by atoms with Crippen LogP contribution in [0.5, 0.6) is 17.2 Å². The lowest BCUT2D eigenvalue weighted by Gasteiger charge is -2.24. The molecule has 0 saturated heterocycles. The number of hydrogen-bond acceptors (Lipinski definition) is 7. The van der Waals surface area contributed by atoms with Gasteiger partial charge in [0.2, 0.25) is 5.91 Å². The van der Waals surface area contributed by atoms with Gasteiger partial charge in [-0.1, -0.05) is 0 Å². The van der Waals surface area contributed by atoms with Gasteiger partial charge in [-0.2, -0.15) is 0 Å². The molecule has 0 fully saturated rings. The number of rotatable bonds is 10. The van der Waals surface area contributed by atoms with Gasteiger partial charge in [-0.15, -0.1) is 0 Å². The molecule has 0 bridgehead atoms. The number of carbonyl (C=O) groups excluding carboxylic acids is 1. The van der Waals surface area contributed by atoms with Crippen molar-refractivity contribution in [1.82, 2.24) is 10.3 Å². The first-order valence-corrected chi connectivity index (χ1v) is 11.4. The van der Waals surface area contributed by atoms with Crippen LogP contribution in [0.2, 0.25) is 0 Å². The van der Waals surface area contributed by atoms with Crippen molar-refractivity contribution in [3.63, 3.8) is 0 Å². The van der Waals surface area contributed by atoms with E-state index >= 15 is 0 Å². The minimum Gasteiger partial charge on any atom is -0.497 e. The number of aromatic nitrogens is 1. The number of amides is 1. The predicted octanol–water partition coefficient (Wildman–Crippen LogP) is 2.62. The van der Waals surface area contributed by atoms with E-state index < -0.39 is 22.5 Å². The summed E-state index contributed by atoms with van der Waals surface area (Å²) in [6.07, 6.45) is 3.24. The van der Waals surface area contributed by atoms with Gasteiger partial charge in [0.1, 0.15) is 12.3 Å². The summed E-state index contributed by atoms with van der Waals surface area (Å²) in [5.41, 5.74) is 1.15.